The van der Waals surface area contributed by atoms with E-state index in [1.54, 1.807) is 6.07 Å². The largest absolute Gasteiger partial charge is 0.317 e. The van der Waals surface area contributed by atoms with Gasteiger partial charge in [-0.1, -0.05) is 12.1 Å². The summed E-state index contributed by atoms with van der Waals surface area (Å²) in [4.78, 5) is 2.65. The highest BCUT2D eigenvalue weighted by Crippen LogP contribution is 2.24. The quantitative estimate of drug-likeness (QED) is 0.909. The maximum absolute atomic E-state index is 13.3. The van der Waals surface area contributed by atoms with Gasteiger partial charge in [0.05, 0.1) is 0 Å². The maximum Gasteiger partial charge on any atom is 0.123 e. The molecule has 2 aliphatic rings. The van der Waals surface area contributed by atoms with Crippen LogP contribution in [0.4, 0.5) is 4.39 Å². The number of halogens is 1. The summed E-state index contributed by atoms with van der Waals surface area (Å²) in [6.45, 7) is 4.81. The Kier molecular flexibility index (Phi) is 4.69. The van der Waals surface area contributed by atoms with E-state index in [2.05, 4.69) is 16.3 Å². The van der Waals surface area contributed by atoms with E-state index >= 15 is 0 Å². The minimum Gasteiger partial charge on any atom is -0.317 e. The Morgan fingerprint density at radius 3 is 2.85 bits per heavy atom. The number of nitrogens with zero attached hydrogens (tertiary/aromatic N) is 1. The van der Waals surface area contributed by atoms with Crippen LogP contribution >= 0.6 is 0 Å². The second kappa shape index (κ2) is 6.68. The summed E-state index contributed by atoms with van der Waals surface area (Å²) < 4.78 is 13.3. The molecule has 0 radical (unpaired) electrons. The first kappa shape index (κ1) is 14.0. The lowest BCUT2D eigenvalue weighted by molar-refractivity contribution is 0.191. The van der Waals surface area contributed by atoms with E-state index in [0.717, 1.165) is 17.9 Å². The maximum atomic E-state index is 13.3. The highest BCUT2D eigenvalue weighted by atomic mass is 19.1. The SMILES string of the molecule is Fc1cccc(CC2CCCN2CC2CCNCC2)c1. The number of hydrogen-bond donors (Lipinski definition) is 1. The van der Waals surface area contributed by atoms with Crippen molar-refractivity contribution in [3.05, 3.63) is 35.6 Å². The van der Waals surface area contributed by atoms with E-state index < -0.39 is 0 Å². The first-order valence-corrected chi connectivity index (χ1v) is 8.00. The minimum absolute atomic E-state index is 0.106. The van der Waals surface area contributed by atoms with Crippen LogP contribution in [-0.4, -0.2) is 37.1 Å². The molecule has 1 unspecified atom stereocenters. The molecule has 2 fully saturated rings. The summed E-state index contributed by atoms with van der Waals surface area (Å²) in [5, 5.41) is 3.44. The van der Waals surface area contributed by atoms with Crippen LogP contribution in [0.1, 0.15) is 31.2 Å². The van der Waals surface area contributed by atoms with E-state index in [1.165, 1.54) is 57.9 Å². The van der Waals surface area contributed by atoms with Crippen molar-refractivity contribution < 1.29 is 4.39 Å². The predicted molar refractivity (Wildman–Crippen MR) is 80.3 cm³/mol. The zero-order chi connectivity index (χ0) is 13.8. The third-order valence-electron chi connectivity index (χ3n) is 4.81. The number of piperidine rings is 1. The third-order valence-corrected chi connectivity index (χ3v) is 4.81. The van der Waals surface area contributed by atoms with Crippen molar-refractivity contribution in [2.24, 2.45) is 5.92 Å². The van der Waals surface area contributed by atoms with Gasteiger partial charge in [0, 0.05) is 12.6 Å². The molecule has 3 rings (SSSR count). The van der Waals surface area contributed by atoms with Crippen LogP contribution in [0, 0.1) is 11.7 Å². The van der Waals surface area contributed by atoms with Gasteiger partial charge < -0.3 is 5.32 Å². The molecule has 2 aliphatic heterocycles. The Hall–Kier alpha value is -0.930. The van der Waals surface area contributed by atoms with E-state index in [-0.39, 0.29) is 5.82 Å². The summed E-state index contributed by atoms with van der Waals surface area (Å²) >= 11 is 0. The van der Waals surface area contributed by atoms with Crippen molar-refractivity contribution >= 4 is 0 Å². The van der Waals surface area contributed by atoms with Crippen LogP contribution in [0.15, 0.2) is 24.3 Å². The molecule has 1 aromatic carbocycles. The minimum atomic E-state index is -0.106. The van der Waals surface area contributed by atoms with Crippen molar-refractivity contribution in [3.63, 3.8) is 0 Å². The molecule has 2 nitrogen and oxygen atoms in total. The van der Waals surface area contributed by atoms with Crippen molar-refractivity contribution in [3.8, 4) is 0 Å². The number of hydrogen-bond acceptors (Lipinski definition) is 2. The van der Waals surface area contributed by atoms with E-state index in [0.29, 0.717) is 6.04 Å². The van der Waals surface area contributed by atoms with Crippen molar-refractivity contribution in [1.82, 2.24) is 10.2 Å². The Bertz CT molecular complexity index is 429. The topological polar surface area (TPSA) is 15.3 Å². The van der Waals surface area contributed by atoms with E-state index in [4.69, 9.17) is 0 Å². The molecule has 110 valence electrons. The highest BCUT2D eigenvalue weighted by Gasteiger charge is 2.27. The lowest BCUT2D eigenvalue weighted by atomic mass is 9.96. The van der Waals surface area contributed by atoms with Crippen molar-refractivity contribution in [1.29, 1.82) is 0 Å². The highest BCUT2D eigenvalue weighted by molar-refractivity contribution is 5.17. The van der Waals surface area contributed by atoms with Crippen LogP contribution in [0.3, 0.4) is 0 Å². The first-order valence-electron chi connectivity index (χ1n) is 8.00. The second-order valence-corrected chi connectivity index (χ2v) is 6.32. The lowest BCUT2D eigenvalue weighted by Gasteiger charge is -2.31. The van der Waals surface area contributed by atoms with Gasteiger partial charge in [-0.2, -0.15) is 0 Å². The fourth-order valence-corrected chi connectivity index (χ4v) is 3.70. The predicted octanol–water partition coefficient (Wildman–Crippen LogP) is 2.83. The second-order valence-electron chi connectivity index (χ2n) is 6.32. The van der Waals surface area contributed by atoms with E-state index in [1.807, 2.05) is 6.07 Å². The average molecular weight is 276 g/mol. The molecule has 3 heteroatoms. The van der Waals surface area contributed by atoms with Gasteiger partial charge in [0.25, 0.3) is 0 Å². The Labute approximate surface area is 121 Å². The molecule has 2 heterocycles. The van der Waals surface area contributed by atoms with E-state index in [9.17, 15) is 4.39 Å². The molecule has 2 saturated heterocycles. The van der Waals surface area contributed by atoms with Crippen LogP contribution in [0.5, 0.6) is 0 Å². The molecular formula is C17H25FN2. The number of rotatable bonds is 4. The summed E-state index contributed by atoms with van der Waals surface area (Å²) in [5.41, 5.74) is 1.15. The van der Waals surface area contributed by atoms with Gasteiger partial charge in [-0.25, -0.2) is 4.39 Å². The molecule has 0 aliphatic carbocycles. The van der Waals surface area contributed by atoms with Crippen molar-refractivity contribution in [2.45, 2.75) is 38.1 Å². The standard InChI is InChI=1S/C17H25FN2/c18-16-4-1-3-15(11-16)12-17-5-2-10-20(17)13-14-6-8-19-9-7-14/h1,3-4,11,14,17,19H,2,5-10,12-13H2. The fourth-order valence-electron chi connectivity index (χ4n) is 3.70. The number of nitrogens with one attached hydrogen (secondary N) is 1. The Morgan fingerprint density at radius 1 is 1.20 bits per heavy atom. The smallest absolute Gasteiger partial charge is 0.123 e. The summed E-state index contributed by atoms with van der Waals surface area (Å²) in [6.07, 6.45) is 6.18. The average Bonchev–Trinajstić information content (AvgIpc) is 2.87. The summed E-state index contributed by atoms with van der Waals surface area (Å²) in [7, 11) is 0. The number of benzene rings is 1. The van der Waals surface area contributed by atoms with Crippen molar-refractivity contribution in [2.75, 3.05) is 26.2 Å². The van der Waals surface area contributed by atoms with Gasteiger partial charge in [0.1, 0.15) is 5.82 Å². The molecule has 0 aromatic heterocycles. The molecule has 1 atom stereocenters. The van der Waals surface area contributed by atoms with Gasteiger partial charge in [-0.05, 0) is 75.4 Å². The third kappa shape index (κ3) is 3.58. The van der Waals surface area contributed by atoms with Crippen LogP contribution in [0.2, 0.25) is 0 Å². The first-order chi connectivity index (χ1) is 9.81. The fraction of sp³-hybridized carbons (Fsp3) is 0.647. The molecule has 0 saturated carbocycles. The van der Waals surface area contributed by atoms with Gasteiger partial charge in [-0.3, -0.25) is 4.90 Å². The zero-order valence-electron chi connectivity index (χ0n) is 12.2. The molecule has 1 N–H and O–H groups in total. The molecule has 0 spiro atoms. The molecule has 0 amide bonds. The number of likely N-dealkylation sites (tertiary alicyclic amines) is 1. The van der Waals surface area contributed by atoms with Gasteiger partial charge in [0.2, 0.25) is 0 Å². The Balaban J connectivity index is 1.57. The van der Waals surface area contributed by atoms with Gasteiger partial charge >= 0.3 is 0 Å². The Morgan fingerprint density at radius 2 is 2.05 bits per heavy atom. The van der Waals surface area contributed by atoms with Crippen LogP contribution in [-0.2, 0) is 6.42 Å². The molecule has 20 heavy (non-hydrogen) atoms. The normalized spacial score (nSPS) is 25.1. The molecule has 1 aromatic rings. The van der Waals surface area contributed by atoms with Gasteiger partial charge in [0.15, 0.2) is 0 Å². The molecule has 0 bridgehead atoms. The van der Waals surface area contributed by atoms with Crippen LogP contribution in [0.25, 0.3) is 0 Å². The van der Waals surface area contributed by atoms with Gasteiger partial charge in [-0.15, -0.1) is 0 Å². The monoisotopic (exact) mass is 276 g/mol. The summed E-state index contributed by atoms with van der Waals surface area (Å²) in [6, 6.07) is 7.74. The summed E-state index contributed by atoms with van der Waals surface area (Å²) in [5.74, 6) is 0.745. The molecular weight excluding hydrogens is 251 g/mol. The lowest BCUT2D eigenvalue weighted by Crippen LogP contribution is -2.39. The van der Waals surface area contributed by atoms with Crippen LogP contribution < -0.4 is 5.32 Å². The zero-order valence-corrected chi connectivity index (χ0v) is 12.2.